The summed E-state index contributed by atoms with van der Waals surface area (Å²) in [6.45, 7) is 3.48. The molecular formula is C16H23N3O2S. The van der Waals surface area contributed by atoms with Gasteiger partial charge < -0.3 is 16.0 Å². The van der Waals surface area contributed by atoms with Gasteiger partial charge in [-0.15, -0.1) is 0 Å². The maximum absolute atomic E-state index is 12.2. The first kappa shape index (κ1) is 16.8. The van der Waals surface area contributed by atoms with Gasteiger partial charge in [-0.05, 0) is 24.6 Å². The maximum Gasteiger partial charge on any atom is 0.227 e. The summed E-state index contributed by atoms with van der Waals surface area (Å²) in [5.41, 5.74) is 7.29. The molecule has 1 aliphatic rings. The Kier molecular flexibility index (Phi) is 6.27. The number of carbonyl (C=O) groups is 2. The summed E-state index contributed by atoms with van der Waals surface area (Å²) in [4.78, 5) is 25.7. The average Bonchev–Trinajstić information content (AvgIpc) is 2.49. The molecule has 120 valence electrons. The highest BCUT2D eigenvalue weighted by atomic mass is 32.2. The highest BCUT2D eigenvalue weighted by Gasteiger charge is 2.16. The van der Waals surface area contributed by atoms with E-state index in [9.17, 15) is 9.59 Å². The first-order valence-corrected chi connectivity index (χ1v) is 8.70. The number of hydrogen-bond donors (Lipinski definition) is 2. The number of nitrogens with two attached hydrogens (primary N) is 1. The van der Waals surface area contributed by atoms with Crippen LogP contribution in [0.5, 0.6) is 0 Å². The van der Waals surface area contributed by atoms with Crippen LogP contribution < -0.4 is 11.1 Å². The molecule has 0 saturated carbocycles. The maximum atomic E-state index is 12.2. The number of rotatable bonds is 5. The van der Waals surface area contributed by atoms with Crippen LogP contribution >= 0.6 is 11.8 Å². The molecule has 5 nitrogen and oxygen atoms in total. The molecular weight excluding hydrogens is 298 g/mol. The van der Waals surface area contributed by atoms with Crippen molar-refractivity contribution in [2.24, 2.45) is 5.73 Å². The predicted octanol–water partition coefficient (Wildman–Crippen LogP) is 1.48. The molecule has 6 heteroatoms. The van der Waals surface area contributed by atoms with Gasteiger partial charge >= 0.3 is 0 Å². The molecule has 1 heterocycles. The molecule has 0 aliphatic carbocycles. The third-order valence-corrected chi connectivity index (χ3v) is 4.41. The fourth-order valence-electron chi connectivity index (χ4n) is 2.31. The van der Waals surface area contributed by atoms with E-state index >= 15 is 0 Å². The van der Waals surface area contributed by atoms with Gasteiger partial charge in [-0.3, -0.25) is 9.59 Å². The van der Waals surface area contributed by atoms with Gasteiger partial charge in [0, 0.05) is 42.7 Å². The molecule has 1 fully saturated rings. The SMILES string of the molecule is CC(N)CC(=O)Nc1ccc(CC(=O)N2CCSCC2)cc1. The molecule has 0 bridgehead atoms. The first-order chi connectivity index (χ1) is 10.5. The topological polar surface area (TPSA) is 75.4 Å². The van der Waals surface area contributed by atoms with E-state index < -0.39 is 0 Å². The normalized spacial score (nSPS) is 16.2. The van der Waals surface area contributed by atoms with Crippen molar-refractivity contribution in [2.75, 3.05) is 29.9 Å². The number of carbonyl (C=O) groups excluding carboxylic acids is 2. The second-order valence-electron chi connectivity index (χ2n) is 5.60. The number of amides is 2. The third-order valence-electron chi connectivity index (χ3n) is 3.46. The number of thioether (sulfide) groups is 1. The van der Waals surface area contributed by atoms with E-state index in [0.717, 1.165) is 35.8 Å². The summed E-state index contributed by atoms with van der Waals surface area (Å²) in [6.07, 6.45) is 0.714. The fourth-order valence-corrected chi connectivity index (χ4v) is 3.21. The molecule has 0 radical (unpaired) electrons. The minimum Gasteiger partial charge on any atom is -0.341 e. The van der Waals surface area contributed by atoms with Crippen LogP contribution in [0.1, 0.15) is 18.9 Å². The Morgan fingerprint density at radius 1 is 1.27 bits per heavy atom. The highest BCUT2D eigenvalue weighted by molar-refractivity contribution is 7.99. The molecule has 0 aromatic heterocycles. The van der Waals surface area contributed by atoms with Crippen LogP contribution in [-0.4, -0.2) is 47.4 Å². The number of hydrogen-bond acceptors (Lipinski definition) is 4. The third kappa shape index (κ3) is 5.35. The van der Waals surface area contributed by atoms with E-state index in [-0.39, 0.29) is 17.9 Å². The number of benzene rings is 1. The van der Waals surface area contributed by atoms with E-state index in [2.05, 4.69) is 5.32 Å². The van der Waals surface area contributed by atoms with Crippen LogP contribution in [-0.2, 0) is 16.0 Å². The smallest absolute Gasteiger partial charge is 0.227 e. The molecule has 1 aromatic rings. The van der Waals surface area contributed by atoms with Gasteiger partial charge in [-0.1, -0.05) is 12.1 Å². The average molecular weight is 321 g/mol. The van der Waals surface area contributed by atoms with Crippen LogP contribution in [0.15, 0.2) is 24.3 Å². The lowest BCUT2D eigenvalue weighted by molar-refractivity contribution is -0.130. The fraction of sp³-hybridized carbons (Fsp3) is 0.500. The second-order valence-corrected chi connectivity index (χ2v) is 6.82. The lowest BCUT2D eigenvalue weighted by Gasteiger charge is -2.26. The molecule has 22 heavy (non-hydrogen) atoms. The van der Waals surface area contributed by atoms with Crippen LogP contribution in [0.3, 0.4) is 0 Å². The quantitative estimate of drug-likeness (QED) is 0.861. The molecule has 1 aliphatic heterocycles. The second kappa shape index (κ2) is 8.19. The lowest BCUT2D eigenvalue weighted by Crippen LogP contribution is -2.38. The summed E-state index contributed by atoms with van der Waals surface area (Å²) >= 11 is 1.89. The van der Waals surface area contributed by atoms with E-state index in [4.69, 9.17) is 5.73 Å². The predicted molar refractivity (Wildman–Crippen MR) is 90.9 cm³/mol. The van der Waals surface area contributed by atoms with Crippen molar-refractivity contribution in [1.29, 1.82) is 0 Å². The molecule has 1 aromatic carbocycles. The van der Waals surface area contributed by atoms with Gasteiger partial charge in [0.15, 0.2) is 0 Å². The molecule has 3 N–H and O–H groups in total. The first-order valence-electron chi connectivity index (χ1n) is 7.54. The van der Waals surface area contributed by atoms with Crippen LogP contribution in [0.2, 0.25) is 0 Å². The van der Waals surface area contributed by atoms with Crippen LogP contribution in [0.4, 0.5) is 5.69 Å². The standard InChI is InChI=1S/C16H23N3O2S/c1-12(17)10-15(20)18-14-4-2-13(3-5-14)11-16(21)19-6-8-22-9-7-19/h2-5,12H,6-11,17H2,1H3,(H,18,20). The monoisotopic (exact) mass is 321 g/mol. The van der Waals surface area contributed by atoms with Crippen molar-refractivity contribution in [2.45, 2.75) is 25.8 Å². The Morgan fingerprint density at radius 2 is 1.91 bits per heavy atom. The number of nitrogens with one attached hydrogen (secondary N) is 1. The van der Waals surface area contributed by atoms with E-state index in [1.54, 1.807) is 6.92 Å². The van der Waals surface area contributed by atoms with Crippen molar-refractivity contribution in [3.63, 3.8) is 0 Å². The van der Waals surface area contributed by atoms with Crippen molar-refractivity contribution in [1.82, 2.24) is 4.90 Å². The van der Waals surface area contributed by atoms with E-state index in [1.807, 2.05) is 40.9 Å². The Morgan fingerprint density at radius 3 is 2.50 bits per heavy atom. The summed E-state index contributed by atoms with van der Waals surface area (Å²) < 4.78 is 0. The van der Waals surface area contributed by atoms with Crippen molar-refractivity contribution < 1.29 is 9.59 Å². The number of nitrogens with zero attached hydrogens (tertiary/aromatic N) is 1. The van der Waals surface area contributed by atoms with E-state index in [0.29, 0.717) is 12.8 Å². The summed E-state index contributed by atoms with van der Waals surface area (Å²) in [5, 5.41) is 2.80. The summed E-state index contributed by atoms with van der Waals surface area (Å²) in [5.74, 6) is 2.13. The van der Waals surface area contributed by atoms with Gasteiger partial charge in [0.1, 0.15) is 0 Å². The Bertz CT molecular complexity index is 511. The zero-order valence-corrected chi connectivity index (χ0v) is 13.7. The van der Waals surface area contributed by atoms with Crippen LogP contribution in [0, 0.1) is 0 Å². The van der Waals surface area contributed by atoms with Gasteiger partial charge in [0.2, 0.25) is 11.8 Å². The van der Waals surface area contributed by atoms with Crippen molar-refractivity contribution in [3.05, 3.63) is 29.8 Å². The van der Waals surface area contributed by atoms with Gasteiger partial charge in [0.25, 0.3) is 0 Å². The highest BCUT2D eigenvalue weighted by Crippen LogP contribution is 2.14. The van der Waals surface area contributed by atoms with Crippen LogP contribution in [0.25, 0.3) is 0 Å². The molecule has 2 amide bonds. The number of anilines is 1. The molecule has 2 rings (SSSR count). The van der Waals surface area contributed by atoms with Gasteiger partial charge in [-0.25, -0.2) is 0 Å². The summed E-state index contributed by atoms with van der Waals surface area (Å²) in [6, 6.07) is 7.28. The van der Waals surface area contributed by atoms with Crippen molar-refractivity contribution >= 4 is 29.3 Å². The molecule has 1 atom stereocenters. The Hall–Kier alpha value is -1.53. The summed E-state index contributed by atoms with van der Waals surface area (Å²) in [7, 11) is 0. The Balaban J connectivity index is 1.86. The largest absolute Gasteiger partial charge is 0.341 e. The van der Waals surface area contributed by atoms with E-state index in [1.165, 1.54) is 0 Å². The molecule has 1 saturated heterocycles. The lowest BCUT2D eigenvalue weighted by atomic mass is 10.1. The zero-order valence-electron chi connectivity index (χ0n) is 12.9. The van der Waals surface area contributed by atoms with Gasteiger partial charge in [0.05, 0.1) is 6.42 Å². The Labute approximate surface area is 135 Å². The molecule has 0 spiro atoms. The van der Waals surface area contributed by atoms with Crippen molar-refractivity contribution in [3.8, 4) is 0 Å². The van der Waals surface area contributed by atoms with Gasteiger partial charge in [-0.2, -0.15) is 11.8 Å². The minimum atomic E-state index is -0.153. The zero-order chi connectivity index (χ0) is 15.9. The minimum absolute atomic E-state index is 0.0929. The molecule has 1 unspecified atom stereocenters.